The van der Waals surface area contributed by atoms with Crippen LogP contribution in [-0.2, 0) is 4.79 Å². The summed E-state index contributed by atoms with van der Waals surface area (Å²) in [6.07, 6.45) is 7.05. The molecule has 1 heterocycles. The number of carbonyl (C=O) groups is 1. The van der Waals surface area contributed by atoms with Crippen molar-refractivity contribution in [3.63, 3.8) is 0 Å². The molecule has 0 bridgehead atoms. The van der Waals surface area contributed by atoms with E-state index in [-0.39, 0.29) is 11.9 Å². The van der Waals surface area contributed by atoms with Crippen LogP contribution in [0.15, 0.2) is 0 Å². The smallest absolute Gasteiger partial charge is 0.234 e. The van der Waals surface area contributed by atoms with Gasteiger partial charge in [0.05, 0.1) is 6.54 Å². The number of rotatable bonds is 8. The molecule has 4 nitrogen and oxygen atoms in total. The van der Waals surface area contributed by atoms with Crippen LogP contribution in [0, 0.1) is 5.92 Å². The molecule has 118 valence electrons. The van der Waals surface area contributed by atoms with Gasteiger partial charge >= 0.3 is 0 Å². The molecule has 4 heteroatoms. The molecule has 20 heavy (non-hydrogen) atoms. The summed E-state index contributed by atoms with van der Waals surface area (Å²) in [4.78, 5) is 14.4. The van der Waals surface area contributed by atoms with E-state index in [4.69, 9.17) is 5.73 Å². The SMILES string of the molecule is CCCCCC(C)NC(=O)CN1CCC(C)CC1CN. The summed E-state index contributed by atoms with van der Waals surface area (Å²) in [5, 5.41) is 3.12. The first-order valence-corrected chi connectivity index (χ1v) is 8.30. The summed E-state index contributed by atoms with van der Waals surface area (Å²) in [7, 11) is 0. The molecule has 0 aromatic carbocycles. The van der Waals surface area contributed by atoms with Crippen molar-refractivity contribution in [2.75, 3.05) is 19.6 Å². The lowest BCUT2D eigenvalue weighted by atomic mass is 9.92. The van der Waals surface area contributed by atoms with Crippen LogP contribution in [0.25, 0.3) is 0 Å². The topological polar surface area (TPSA) is 58.4 Å². The van der Waals surface area contributed by atoms with Crippen molar-refractivity contribution in [1.82, 2.24) is 10.2 Å². The van der Waals surface area contributed by atoms with Crippen molar-refractivity contribution in [2.45, 2.75) is 71.4 Å². The Morgan fingerprint density at radius 3 is 2.85 bits per heavy atom. The van der Waals surface area contributed by atoms with Gasteiger partial charge in [0, 0.05) is 18.6 Å². The zero-order chi connectivity index (χ0) is 15.0. The van der Waals surface area contributed by atoms with Gasteiger partial charge in [0.15, 0.2) is 0 Å². The van der Waals surface area contributed by atoms with Gasteiger partial charge in [-0.1, -0.05) is 33.1 Å². The Morgan fingerprint density at radius 1 is 1.45 bits per heavy atom. The average Bonchev–Trinajstić information content (AvgIpc) is 2.41. The molecule has 1 rings (SSSR count). The maximum absolute atomic E-state index is 12.1. The molecule has 0 radical (unpaired) electrons. The molecule has 1 saturated heterocycles. The number of hydrogen-bond acceptors (Lipinski definition) is 3. The number of unbranched alkanes of at least 4 members (excludes halogenated alkanes) is 2. The van der Waals surface area contributed by atoms with Gasteiger partial charge in [0.1, 0.15) is 0 Å². The largest absolute Gasteiger partial charge is 0.353 e. The third-order valence-electron chi connectivity index (χ3n) is 4.37. The second-order valence-electron chi connectivity index (χ2n) is 6.45. The zero-order valence-electron chi connectivity index (χ0n) is 13.5. The van der Waals surface area contributed by atoms with Crippen LogP contribution in [0.5, 0.6) is 0 Å². The van der Waals surface area contributed by atoms with Crippen molar-refractivity contribution >= 4 is 5.91 Å². The lowest BCUT2D eigenvalue weighted by Gasteiger charge is -2.37. The van der Waals surface area contributed by atoms with E-state index in [9.17, 15) is 4.79 Å². The number of piperidine rings is 1. The number of hydrogen-bond donors (Lipinski definition) is 2. The van der Waals surface area contributed by atoms with E-state index in [2.05, 4.69) is 31.0 Å². The molecule has 0 saturated carbocycles. The second-order valence-corrected chi connectivity index (χ2v) is 6.45. The Labute approximate surface area is 124 Å². The number of nitrogens with one attached hydrogen (secondary N) is 1. The summed E-state index contributed by atoms with van der Waals surface area (Å²) >= 11 is 0. The van der Waals surface area contributed by atoms with Crippen molar-refractivity contribution in [2.24, 2.45) is 11.7 Å². The number of carbonyl (C=O) groups excluding carboxylic acids is 1. The minimum absolute atomic E-state index is 0.155. The van der Waals surface area contributed by atoms with Crippen molar-refractivity contribution in [3.8, 4) is 0 Å². The molecule has 3 unspecified atom stereocenters. The molecule has 0 aromatic heterocycles. The Bertz CT molecular complexity index is 283. The summed E-state index contributed by atoms with van der Waals surface area (Å²) in [6.45, 7) is 8.74. The van der Waals surface area contributed by atoms with E-state index in [0.29, 0.717) is 19.1 Å². The summed E-state index contributed by atoms with van der Waals surface area (Å²) in [6, 6.07) is 0.661. The van der Waals surface area contributed by atoms with Gasteiger partial charge in [0.25, 0.3) is 0 Å². The Morgan fingerprint density at radius 2 is 2.20 bits per heavy atom. The molecule has 3 atom stereocenters. The fraction of sp³-hybridized carbons (Fsp3) is 0.938. The van der Waals surface area contributed by atoms with E-state index in [1.165, 1.54) is 25.7 Å². The van der Waals surface area contributed by atoms with Crippen molar-refractivity contribution < 1.29 is 4.79 Å². The van der Waals surface area contributed by atoms with E-state index in [0.717, 1.165) is 25.3 Å². The number of nitrogens with two attached hydrogens (primary N) is 1. The predicted octanol–water partition coefficient (Wildman–Crippen LogP) is 2.13. The lowest BCUT2D eigenvalue weighted by Crippen LogP contribution is -2.51. The number of amides is 1. The molecule has 1 aliphatic heterocycles. The van der Waals surface area contributed by atoms with Crippen LogP contribution in [0.1, 0.15) is 59.3 Å². The first kappa shape index (κ1) is 17.4. The fourth-order valence-corrected chi connectivity index (χ4v) is 3.03. The van der Waals surface area contributed by atoms with Crippen LogP contribution < -0.4 is 11.1 Å². The van der Waals surface area contributed by atoms with Crippen LogP contribution in [0.2, 0.25) is 0 Å². The average molecular weight is 283 g/mol. The summed E-state index contributed by atoms with van der Waals surface area (Å²) in [5.74, 6) is 0.887. The van der Waals surface area contributed by atoms with Gasteiger partial charge in [-0.2, -0.15) is 0 Å². The van der Waals surface area contributed by atoms with Gasteiger partial charge in [-0.05, 0) is 38.6 Å². The molecule has 1 fully saturated rings. The van der Waals surface area contributed by atoms with Crippen LogP contribution >= 0.6 is 0 Å². The zero-order valence-corrected chi connectivity index (χ0v) is 13.5. The van der Waals surface area contributed by atoms with Crippen LogP contribution in [0.4, 0.5) is 0 Å². The van der Waals surface area contributed by atoms with Gasteiger partial charge in [-0.15, -0.1) is 0 Å². The highest BCUT2D eigenvalue weighted by Gasteiger charge is 2.26. The number of likely N-dealkylation sites (tertiary alicyclic amines) is 1. The third kappa shape index (κ3) is 6.23. The summed E-state index contributed by atoms with van der Waals surface area (Å²) in [5.41, 5.74) is 5.84. The van der Waals surface area contributed by atoms with E-state index >= 15 is 0 Å². The molecule has 0 aliphatic carbocycles. The number of nitrogens with zero attached hydrogens (tertiary/aromatic N) is 1. The van der Waals surface area contributed by atoms with Crippen molar-refractivity contribution in [3.05, 3.63) is 0 Å². The first-order valence-electron chi connectivity index (χ1n) is 8.30. The van der Waals surface area contributed by atoms with Gasteiger partial charge in [-0.3, -0.25) is 9.69 Å². The molecule has 1 aliphatic rings. The van der Waals surface area contributed by atoms with E-state index < -0.39 is 0 Å². The molecule has 0 spiro atoms. The van der Waals surface area contributed by atoms with E-state index in [1.54, 1.807) is 0 Å². The fourth-order valence-electron chi connectivity index (χ4n) is 3.03. The minimum Gasteiger partial charge on any atom is -0.353 e. The van der Waals surface area contributed by atoms with Gasteiger partial charge in [-0.25, -0.2) is 0 Å². The van der Waals surface area contributed by atoms with Crippen molar-refractivity contribution in [1.29, 1.82) is 0 Å². The highest BCUT2D eigenvalue weighted by atomic mass is 16.2. The standard InChI is InChI=1S/C16H33N3O/c1-4-5-6-7-14(3)18-16(20)12-19-9-8-13(2)10-15(19)11-17/h13-15H,4-12,17H2,1-3H3,(H,18,20). The minimum atomic E-state index is 0.155. The highest BCUT2D eigenvalue weighted by Crippen LogP contribution is 2.21. The highest BCUT2D eigenvalue weighted by molar-refractivity contribution is 5.78. The maximum Gasteiger partial charge on any atom is 0.234 e. The van der Waals surface area contributed by atoms with Gasteiger partial charge in [0.2, 0.25) is 5.91 Å². The second kappa shape index (κ2) is 9.35. The maximum atomic E-state index is 12.1. The Hall–Kier alpha value is -0.610. The first-order chi connectivity index (χ1) is 9.56. The van der Waals surface area contributed by atoms with Gasteiger partial charge < -0.3 is 11.1 Å². The lowest BCUT2D eigenvalue weighted by molar-refractivity contribution is -0.123. The molecular weight excluding hydrogens is 250 g/mol. The monoisotopic (exact) mass is 283 g/mol. The van der Waals surface area contributed by atoms with E-state index in [1.807, 2.05) is 0 Å². The normalized spacial score (nSPS) is 25.4. The molecule has 1 amide bonds. The van der Waals surface area contributed by atoms with Crippen LogP contribution in [0.3, 0.4) is 0 Å². The molecular formula is C16H33N3O. The predicted molar refractivity (Wildman–Crippen MR) is 84.6 cm³/mol. The Kier molecular flexibility index (Phi) is 8.15. The van der Waals surface area contributed by atoms with Crippen LogP contribution in [-0.4, -0.2) is 42.5 Å². The molecule has 3 N–H and O–H groups in total. The summed E-state index contributed by atoms with van der Waals surface area (Å²) < 4.78 is 0. The quantitative estimate of drug-likeness (QED) is 0.671. The third-order valence-corrected chi connectivity index (χ3v) is 4.37. The Balaban J connectivity index is 2.30. The molecule has 0 aromatic rings.